The van der Waals surface area contributed by atoms with E-state index in [0.717, 1.165) is 4.90 Å². The molecule has 74 valence electrons. The summed E-state index contributed by atoms with van der Waals surface area (Å²) in [6.45, 7) is 4.66. The standard InChI is InChI=1S/C8H14N2O3/c1-5-6(12)10(7(13)9-5)8(2,3)4-11/h5,11H,4H2,1-3H3,(H,9,13). The maximum Gasteiger partial charge on any atom is 0.325 e. The van der Waals surface area contributed by atoms with Crippen LogP contribution in [0.5, 0.6) is 0 Å². The first-order chi connectivity index (χ1) is 5.90. The van der Waals surface area contributed by atoms with Crippen LogP contribution in [0.3, 0.4) is 0 Å². The van der Waals surface area contributed by atoms with Crippen molar-refractivity contribution in [2.45, 2.75) is 32.4 Å². The fraction of sp³-hybridized carbons (Fsp3) is 0.750. The fourth-order valence-corrected chi connectivity index (χ4v) is 1.25. The van der Waals surface area contributed by atoms with Gasteiger partial charge in [0.25, 0.3) is 5.91 Å². The van der Waals surface area contributed by atoms with E-state index in [0.29, 0.717) is 0 Å². The molecule has 0 aliphatic carbocycles. The number of hydrogen-bond donors (Lipinski definition) is 2. The summed E-state index contributed by atoms with van der Waals surface area (Å²) in [5.41, 5.74) is -0.827. The topological polar surface area (TPSA) is 69.6 Å². The van der Waals surface area contributed by atoms with Crippen LogP contribution in [0.15, 0.2) is 0 Å². The summed E-state index contributed by atoms with van der Waals surface area (Å²) >= 11 is 0. The minimum absolute atomic E-state index is 0.237. The van der Waals surface area contributed by atoms with Crippen molar-refractivity contribution < 1.29 is 14.7 Å². The molecule has 0 aromatic carbocycles. The Labute approximate surface area is 76.7 Å². The van der Waals surface area contributed by atoms with Gasteiger partial charge in [-0.3, -0.25) is 9.69 Å². The van der Waals surface area contributed by atoms with Crippen molar-refractivity contribution in [1.82, 2.24) is 10.2 Å². The van der Waals surface area contributed by atoms with Gasteiger partial charge in [-0.2, -0.15) is 0 Å². The van der Waals surface area contributed by atoms with Gasteiger partial charge in [-0.05, 0) is 20.8 Å². The fourth-order valence-electron chi connectivity index (χ4n) is 1.25. The number of urea groups is 1. The Morgan fingerprint density at radius 2 is 2.08 bits per heavy atom. The summed E-state index contributed by atoms with van der Waals surface area (Å²) in [5.74, 6) is -0.288. The van der Waals surface area contributed by atoms with Gasteiger partial charge < -0.3 is 10.4 Å². The molecule has 1 fully saturated rings. The van der Waals surface area contributed by atoms with Crippen LogP contribution < -0.4 is 5.32 Å². The number of carbonyl (C=O) groups is 2. The van der Waals surface area contributed by atoms with Crippen LogP contribution in [0.4, 0.5) is 4.79 Å². The number of rotatable bonds is 2. The molecule has 0 radical (unpaired) electrons. The number of aliphatic hydroxyl groups is 1. The van der Waals surface area contributed by atoms with Crippen molar-refractivity contribution >= 4 is 11.9 Å². The summed E-state index contributed by atoms with van der Waals surface area (Å²) in [4.78, 5) is 23.8. The van der Waals surface area contributed by atoms with Crippen LogP contribution in [0, 0.1) is 0 Å². The average Bonchev–Trinajstić information content (AvgIpc) is 2.27. The Hall–Kier alpha value is -1.10. The van der Waals surface area contributed by atoms with Crippen LogP contribution in [0.2, 0.25) is 0 Å². The van der Waals surface area contributed by atoms with E-state index in [1.165, 1.54) is 0 Å². The first-order valence-electron chi connectivity index (χ1n) is 4.15. The van der Waals surface area contributed by atoms with Crippen molar-refractivity contribution in [2.24, 2.45) is 0 Å². The molecule has 13 heavy (non-hydrogen) atoms. The molecule has 2 N–H and O–H groups in total. The lowest BCUT2D eigenvalue weighted by Crippen LogP contribution is -2.50. The SMILES string of the molecule is CC1NC(=O)N(C(C)(C)CO)C1=O. The van der Waals surface area contributed by atoms with Gasteiger partial charge in [-0.15, -0.1) is 0 Å². The number of carbonyl (C=O) groups excluding carboxylic acids is 2. The summed E-state index contributed by atoms with van der Waals surface area (Å²) in [6, 6.07) is -0.921. The van der Waals surface area contributed by atoms with Gasteiger partial charge in [0.05, 0.1) is 12.1 Å². The van der Waals surface area contributed by atoms with Gasteiger partial charge in [-0.1, -0.05) is 0 Å². The van der Waals surface area contributed by atoms with Crippen LogP contribution in [0.1, 0.15) is 20.8 Å². The molecule has 0 aromatic heterocycles. The molecule has 1 aliphatic rings. The highest BCUT2D eigenvalue weighted by Gasteiger charge is 2.43. The van der Waals surface area contributed by atoms with E-state index >= 15 is 0 Å². The third-order valence-corrected chi connectivity index (χ3v) is 2.13. The van der Waals surface area contributed by atoms with Gasteiger partial charge in [0.2, 0.25) is 0 Å². The predicted molar refractivity (Wildman–Crippen MR) is 46.0 cm³/mol. The van der Waals surface area contributed by atoms with E-state index < -0.39 is 17.6 Å². The Morgan fingerprint density at radius 1 is 1.54 bits per heavy atom. The van der Waals surface area contributed by atoms with Gasteiger partial charge in [0.1, 0.15) is 6.04 Å². The quantitative estimate of drug-likeness (QED) is 0.581. The van der Waals surface area contributed by atoms with Crippen LogP contribution in [0.25, 0.3) is 0 Å². The molecule has 5 nitrogen and oxygen atoms in total. The first kappa shape index (κ1) is 9.98. The number of hydrogen-bond acceptors (Lipinski definition) is 3. The number of nitrogens with zero attached hydrogens (tertiary/aromatic N) is 1. The molecule has 1 rings (SSSR count). The van der Waals surface area contributed by atoms with Crippen molar-refractivity contribution in [3.8, 4) is 0 Å². The third kappa shape index (κ3) is 1.51. The minimum atomic E-state index is -0.827. The van der Waals surface area contributed by atoms with E-state index in [-0.39, 0.29) is 12.5 Å². The molecule has 1 atom stereocenters. The van der Waals surface area contributed by atoms with E-state index in [2.05, 4.69) is 5.32 Å². The summed E-state index contributed by atoms with van der Waals surface area (Å²) in [7, 11) is 0. The van der Waals surface area contributed by atoms with Gasteiger partial charge in [0.15, 0.2) is 0 Å². The first-order valence-corrected chi connectivity index (χ1v) is 4.15. The summed E-state index contributed by atoms with van der Waals surface area (Å²) < 4.78 is 0. The monoisotopic (exact) mass is 186 g/mol. The molecule has 0 bridgehead atoms. The van der Waals surface area contributed by atoms with Crippen LogP contribution in [-0.4, -0.2) is 40.1 Å². The molecule has 5 heteroatoms. The highest BCUT2D eigenvalue weighted by molar-refractivity contribution is 6.04. The number of imide groups is 1. The molecule has 1 aliphatic heterocycles. The van der Waals surface area contributed by atoms with Crippen molar-refractivity contribution in [2.75, 3.05) is 6.61 Å². The summed E-state index contributed by atoms with van der Waals surface area (Å²) in [6.07, 6.45) is 0. The lowest BCUT2D eigenvalue weighted by molar-refractivity contribution is -0.131. The summed E-state index contributed by atoms with van der Waals surface area (Å²) in [5, 5.41) is 11.5. The van der Waals surface area contributed by atoms with Gasteiger partial charge in [-0.25, -0.2) is 4.79 Å². The van der Waals surface area contributed by atoms with Gasteiger partial charge >= 0.3 is 6.03 Å². The predicted octanol–water partition coefficient (Wildman–Crippen LogP) is -0.302. The van der Waals surface area contributed by atoms with E-state index in [9.17, 15) is 9.59 Å². The maximum absolute atomic E-state index is 11.5. The Kier molecular flexibility index (Phi) is 2.30. The molecule has 1 unspecified atom stereocenters. The minimum Gasteiger partial charge on any atom is -0.394 e. The molecule has 0 spiro atoms. The maximum atomic E-state index is 11.5. The van der Waals surface area contributed by atoms with Crippen LogP contribution in [-0.2, 0) is 4.79 Å². The van der Waals surface area contributed by atoms with Crippen molar-refractivity contribution in [1.29, 1.82) is 0 Å². The van der Waals surface area contributed by atoms with Crippen LogP contribution >= 0.6 is 0 Å². The second-order valence-electron chi connectivity index (χ2n) is 3.82. The molecular formula is C8H14N2O3. The molecule has 3 amide bonds. The average molecular weight is 186 g/mol. The highest BCUT2D eigenvalue weighted by atomic mass is 16.3. The third-order valence-electron chi connectivity index (χ3n) is 2.13. The second-order valence-corrected chi connectivity index (χ2v) is 3.82. The Morgan fingerprint density at radius 3 is 2.38 bits per heavy atom. The zero-order chi connectivity index (χ0) is 10.2. The zero-order valence-electron chi connectivity index (χ0n) is 8.00. The molecule has 0 aromatic rings. The van der Waals surface area contributed by atoms with Crippen molar-refractivity contribution in [3.05, 3.63) is 0 Å². The molecule has 1 saturated heterocycles. The number of aliphatic hydroxyl groups excluding tert-OH is 1. The lowest BCUT2D eigenvalue weighted by Gasteiger charge is -2.30. The number of nitrogens with one attached hydrogen (secondary N) is 1. The van der Waals surface area contributed by atoms with E-state index in [4.69, 9.17) is 5.11 Å². The number of amides is 3. The molecular weight excluding hydrogens is 172 g/mol. The smallest absolute Gasteiger partial charge is 0.325 e. The normalized spacial score (nSPS) is 23.7. The second kappa shape index (κ2) is 2.99. The largest absolute Gasteiger partial charge is 0.394 e. The Balaban J connectivity index is 2.92. The van der Waals surface area contributed by atoms with Gasteiger partial charge in [0, 0.05) is 0 Å². The van der Waals surface area contributed by atoms with E-state index in [1.807, 2.05) is 0 Å². The molecule has 1 heterocycles. The lowest BCUT2D eigenvalue weighted by atomic mass is 10.0. The van der Waals surface area contributed by atoms with Crippen molar-refractivity contribution in [3.63, 3.8) is 0 Å². The zero-order valence-corrected chi connectivity index (χ0v) is 8.00. The highest BCUT2D eigenvalue weighted by Crippen LogP contribution is 2.19. The Bertz CT molecular complexity index is 250. The van der Waals surface area contributed by atoms with E-state index in [1.54, 1.807) is 20.8 Å². The molecule has 0 saturated carbocycles.